The number of carboxylic acid groups (broad SMARTS) is 2. The van der Waals surface area contributed by atoms with E-state index in [-0.39, 0.29) is 23.8 Å². The molecule has 33 heavy (non-hydrogen) atoms. The van der Waals surface area contributed by atoms with Crippen LogP contribution in [0.1, 0.15) is 35.2 Å². The van der Waals surface area contributed by atoms with E-state index < -0.39 is 35.9 Å². The van der Waals surface area contributed by atoms with Crippen molar-refractivity contribution in [2.24, 2.45) is 0 Å². The summed E-state index contributed by atoms with van der Waals surface area (Å²) >= 11 is 0. The van der Waals surface area contributed by atoms with Crippen molar-refractivity contribution < 1.29 is 29.3 Å². The number of nitrogen functional groups attached to an aromatic ring is 2. The van der Waals surface area contributed by atoms with Crippen LogP contribution >= 0.6 is 0 Å². The molecule has 0 saturated heterocycles. The van der Waals surface area contributed by atoms with E-state index >= 15 is 0 Å². The smallest absolute Gasteiger partial charge is 0.326 e. The fraction of sp³-hybridized carbons (Fsp3) is 0.350. The van der Waals surface area contributed by atoms with Crippen molar-refractivity contribution in [1.82, 2.24) is 15.3 Å². The first-order valence-corrected chi connectivity index (χ1v) is 9.93. The van der Waals surface area contributed by atoms with Crippen molar-refractivity contribution in [3.8, 4) is 5.75 Å². The molecule has 1 aromatic carbocycles. The third kappa shape index (κ3) is 7.12. The molecule has 178 valence electrons. The van der Waals surface area contributed by atoms with E-state index in [4.69, 9.17) is 21.3 Å². The minimum atomic E-state index is -1.34. The van der Waals surface area contributed by atoms with Crippen LogP contribution in [-0.4, -0.2) is 57.7 Å². The highest BCUT2D eigenvalue weighted by Crippen LogP contribution is 2.26. The monoisotopic (exact) mass is 462 g/mol. The van der Waals surface area contributed by atoms with Crippen LogP contribution in [0.2, 0.25) is 0 Å². The number of carbonyl (C=O) groups excluding carboxylic acids is 1. The van der Waals surface area contributed by atoms with E-state index in [0.717, 1.165) is 0 Å². The Bertz CT molecular complexity index is 1090. The predicted molar refractivity (Wildman–Crippen MR) is 119 cm³/mol. The fourth-order valence-corrected chi connectivity index (χ4v) is 3.01. The Morgan fingerprint density at radius 3 is 2.58 bits per heavy atom. The molecule has 13 heteroatoms. The second kappa shape index (κ2) is 11.4. The number of hydrogen-bond donors (Lipinski definition) is 7. The second-order valence-electron chi connectivity index (χ2n) is 7.06. The lowest BCUT2D eigenvalue weighted by molar-refractivity contribution is -0.140. The number of benzene rings is 1. The van der Waals surface area contributed by atoms with Gasteiger partial charge in [-0.3, -0.25) is 19.4 Å². The van der Waals surface area contributed by atoms with Gasteiger partial charge in [0.15, 0.2) is 0 Å². The quantitative estimate of drug-likeness (QED) is 0.208. The summed E-state index contributed by atoms with van der Waals surface area (Å²) in [5, 5.41) is 23.4. The number of nitrogens with one attached hydrogen (secondary N) is 3. The molecular weight excluding hydrogens is 436 g/mol. The first kappa shape index (κ1) is 25.0. The van der Waals surface area contributed by atoms with Gasteiger partial charge >= 0.3 is 11.9 Å². The maximum atomic E-state index is 12.4. The SMILES string of the molecule is COc1cc(C(=O)N[C@@H](CCC(=O)O)C(=O)O)ccc1NCCCc1c(N)nc(N)[nH]c1=O. The van der Waals surface area contributed by atoms with Gasteiger partial charge < -0.3 is 37.1 Å². The zero-order valence-corrected chi connectivity index (χ0v) is 17.9. The number of H-pyrrole nitrogens is 1. The van der Waals surface area contributed by atoms with Crippen molar-refractivity contribution in [2.45, 2.75) is 31.7 Å². The Morgan fingerprint density at radius 1 is 1.24 bits per heavy atom. The van der Waals surface area contributed by atoms with Gasteiger partial charge in [0, 0.05) is 18.5 Å². The Labute approximate surface area is 188 Å². The normalized spacial score (nSPS) is 11.4. The number of nitrogens with two attached hydrogens (primary N) is 2. The number of nitrogens with zero attached hydrogens (tertiary/aromatic N) is 1. The molecule has 1 atom stereocenters. The van der Waals surface area contributed by atoms with Crippen molar-refractivity contribution in [3.63, 3.8) is 0 Å². The summed E-state index contributed by atoms with van der Waals surface area (Å²) in [5.41, 5.74) is 11.8. The summed E-state index contributed by atoms with van der Waals surface area (Å²) in [6, 6.07) is 3.16. The van der Waals surface area contributed by atoms with E-state index in [9.17, 15) is 24.3 Å². The highest BCUT2D eigenvalue weighted by Gasteiger charge is 2.22. The van der Waals surface area contributed by atoms with Crippen LogP contribution in [0.25, 0.3) is 0 Å². The predicted octanol–water partition coefficient (Wildman–Crippen LogP) is 0.0354. The van der Waals surface area contributed by atoms with E-state index in [2.05, 4.69) is 20.6 Å². The van der Waals surface area contributed by atoms with Gasteiger partial charge in [0.1, 0.15) is 17.6 Å². The maximum Gasteiger partial charge on any atom is 0.326 e. The number of methoxy groups -OCH3 is 1. The molecule has 1 heterocycles. The van der Waals surface area contributed by atoms with Crippen LogP contribution < -0.4 is 32.4 Å². The average Bonchev–Trinajstić information content (AvgIpc) is 2.74. The van der Waals surface area contributed by atoms with Gasteiger partial charge in [-0.05, 0) is 37.5 Å². The largest absolute Gasteiger partial charge is 0.495 e. The third-order valence-corrected chi connectivity index (χ3v) is 4.70. The molecule has 0 bridgehead atoms. The number of amides is 1. The minimum Gasteiger partial charge on any atom is -0.495 e. The number of anilines is 3. The summed E-state index contributed by atoms with van der Waals surface area (Å²) in [7, 11) is 1.41. The summed E-state index contributed by atoms with van der Waals surface area (Å²) in [5.74, 6) is -2.80. The maximum absolute atomic E-state index is 12.4. The van der Waals surface area contributed by atoms with Crippen LogP contribution in [0, 0.1) is 0 Å². The highest BCUT2D eigenvalue weighted by atomic mass is 16.5. The number of hydrogen-bond acceptors (Lipinski definition) is 9. The van der Waals surface area contributed by atoms with Crippen LogP contribution in [0.5, 0.6) is 5.75 Å². The Balaban J connectivity index is 1.99. The van der Waals surface area contributed by atoms with Gasteiger partial charge in [-0.2, -0.15) is 4.98 Å². The summed E-state index contributed by atoms with van der Waals surface area (Å²) < 4.78 is 5.30. The van der Waals surface area contributed by atoms with E-state index in [1.54, 1.807) is 6.07 Å². The van der Waals surface area contributed by atoms with Crippen LogP contribution in [-0.2, 0) is 16.0 Å². The van der Waals surface area contributed by atoms with Gasteiger partial charge in [-0.15, -0.1) is 0 Å². The summed E-state index contributed by atoms with van der Waals surface area (Å²) in [6.45, 7) is 0.446. The molecule has 9 N–H and O–H groups in total. The second-order valence-corrected chi connectivity index (χ2v) is 7.06. The molecule has 2 aromatic rings. The average molecular weight is 462 g/mol. The Hall–Kier alpha value is -4.29. The van der Waals surface area contributed by atoms with E-state index in [1.165, 1.54) is 19.2 Å². The number of carbonyl (C=O) groups is 3. The van der Waals surface area contributed by atoms with Crippen LogP contribution in [0.15, 0.2) is 23.0 Å². The van der Waals surface area contributed by atoms with Crippen molar-refractivity contribution in [1.29, 1.82) is 0 Å². The zero-order valence-electron chi connectivity index (χ0n) is 17.9. The topological polar surface area (TPSA) is 223 Å². The lowest BCUT2D eigenvalue weighted by Gasteiger charge is -2.15. The lowest BCUT2D eigenvalue weighted by atomic mass is 10.1. The zero-order chi connectivity index (χ0) is 24.5. The number of aromatic amines is 1. The minimum absolute atomic E-state index is 0.0511. The molecule has 2 rings (SSSR count). The van der Waals surface area contributed by atoms with Crippen LogP contribution in [0.4, 0.5) is 17.5 Å². The van der Waals surface area contributed by atoms with Gasteiger partial charge in [-0.1, -0.05) is 0 Å². The molecule has 1 amide bonds. The molecule has 0 radical (unpaired) electrons. The first-order chi connectivity index (χ1) is 15.6. The highest BCUT2D eigenvalue weighted by molar-refractivity contribution is 5.97. The number of ether oxygens (including phenoxy) is 1. The van der Waals surface area contributed by atoms with Gasteiger partial charge in [0.2, 0.25) is 5.95 Å². The van der Waals surface area contributed by atoms with E-state index in [0.29, 0.717) is 36.4 Å². The Morgan fingerprint density at radius 2 is 1.97 bits per heavy atom. The molecule has 0 saturated carbocycles. The molecule has 0 aliphatic rings. The molecule has 0 aliphatic carbocycles. The molecule has 0 aliphatic heterocycles. The fourth-order valence-electron chi connectivity index (χ4n) is 3.01. The van der Waals surface area contributed by atoms with Crippen molar-refractivity contribution in [3.05, 3.63) is 39.7 Å². The number of carboxylic acids is 2. The van der Waals surface area contributed by atoms with Gasteiger partial charge in [0.25, 0.3) is 11.5 Å². The number of aromatic nitrogens is 2. The molecule has 0 fully saturated rings. The molecular formula is C20H26N6O7. The Kier molecular flexibility index (Phi) is 8.60. The molecule has 1 aromatic heterocycles. The number of aliphatic carboxylic acids is 2. The molecule has 13 nitrogen and oxygen atoms in total. The van der Waals surface area contributed by atoms with Crippen LogP contribution in [0.3, 0.4) is 0 Å². The van der Waals surface area contributed by atoms with E-state index in [1.807, 2.05) is 0 Å². The number of rotatable bonds is 12. The summed E-state index contributed by atoms with van der Waals surface area (Å²) in [6.07, 6.45) is 0.253. The van der Waals surface area contributed by atoms with Gasteiger partial charge in [0.05, 0.1) is 18.4 Å². The first-order valence-electron chi connectivity index (χ1n) is 9.93. The van der Waals surface area contributed by atoms with Crippen molar-refractivity contribution >= 4 is 35.3 Å². The lowest BCUT2D eigenvalue weighted by Crippen LogP contribution is -2.41. The molecule has 0 spiro atoms. The van der Waals surface area contributed by atoms with Crippen molar-refractivity contribution in [2.75, 3.05) is 30.4 Å². The third-order valence-electron chi connectivity index (χ3n) is 4.70. The van der Waals surface area contributed by atoms with Gasteiger partial charge in [-0.25, -0.2) is 4.79 Å². The molecule has 0 unspecified atom stereocenters. The standard InChI is InChI=1S/C20H26N6O7/c1-33-14-9-10(17(29)24-13(19(31)32)6-7-15(27)28)4-5-12(14)23-8-2-3-11-16(21)25-20(22)26-18(11)30/h4-5,9,13,23H,2-3,6-8H2,1H3,(H,24,29)(H,27,28)(H,31,32)(H5,21,22,25,26,30)/t13-/m0/s1. The summed E-state index contributed by atoms with van der Waals surface area (Å²) in [4.78, 5) is 52.5.